The van der Waals surface area contributed by atoms with Crippen LogP contribution in [0.15, 0.2) is 108 Å². The summed E-state index contributed by atoms with van der Waals surface area (Å²) in [6.45, 7) is 3.77. The maximum Gasteiger partial charge on any atom is 0.272 e. The Morgan fingerprint density at radius 1 is 0.884 bits per heavy atom. The Morgan fingerprint density at radius 3 is 2.40 bits per heavy atom. The molecule has 1 unspecified atom stereocenters. The molecule has 0 radical (unpaired) electrons. The highest BCUT2D eigenvalue weighted by Gasteiger charge is 2.20. The number of amides is 3. The largest absolute Gasteiger partial charge is 0.321 e. The maximum atomic E-state index is 13.6. The van der Waals surface area contributed by atoms with Crippen LogP contribution in [0.2, 0.25) is 0 Å². The Balaban J connectivity index is 1.37. The molecule has 1 aromatic heterocycles. The Kier molecular flexibility index (Phi) is 9.60. The fourth-order valence-corrected chi connectivity index (χ4v) is 5.95. The van der Waals surface area contributed by atoms with Gasteiger partial charge in [0.25, 0.3) is 11.8 Å². The Bertz CT molecular complexity index is 1800. The van der Waals surface area contributed by atoms with Gasteiger partial charge in [-0.2, -0.15) is 0 Å². The second-order valence-electron chi connectivity index (χ2n) is 9.56. The van der Waals surface area contributed by atoms with Gasteiger partial charge in [0.1, 0.15) is 10.7 Å². The van der Waals surface area contributed by atoms with Gasteiger partial charge in [0.15, 0.2) is 0 Å². The lowest BCUT2D eigenvalue weighted by molar-refractivity contribution is -0.116. The number of aryl methyl sites for hydroxylation is 1. The van der Waals surface area contributed by atoms with E-state index in [1.165, 1.54) is 23.1 Å². The summed E-state index contributed by atoms with van der Waals surface area (Å²) in [5, 5.41) is 19.3. The molecule has 1 atom stereocenters. The summed E-state index contributed by atoms with van der Waals surface area (Å²) in [5.41, 5.74) is 1.86. The zero-order valence-corrected chi connectivity index (χ0v) is 25.2. The van der Waals surface area contributed by atoms with Crippen LogP contribution >= 0.6 is 23.1 Å². The van der Waals surface area contributed by atoms with Crippen molar-refractivity contribution < 1.29 is 14.4 Å². The third-order valence-electron chi connectivity index (χ3n) is 6.44. The van der Waals surface area contributed by atoms with E-state index < -0.39 is 11.8 Å². The molecule has 5 rings (SSSR count). The molecule has 3 N–H and O–H groups in total. The van der Waals surface area contributed by atoms with Crippen molar-refractivity contribution in [2.24, 2.45) is 0 Å². The molecule has 0 fully saturated rings. The number of hydrogen-bond donors (Lipinski definition) is 3. The van der Waals surface area contributed by atoms with E-state index >= 15 is 0 Å². The molecule has 43 heavy (non-hydrogen) atoms. The molecule has 1 heterocycles. The lowest BCUT2D eigenvalue weighted by atomic mass is 10.0. The molecule has 0 saturated heterocycles. The summed E-state index contributed by atoms with van der Waals surface area (Å²) in [6.07, 6.45) is 2.28. The van der Waals surface area contributed by atoms with E-state index in [9.17, 15) is 14.4 Å². The van der Waals surface area contributed by atoms with E-state index in [0.29, 0.717) is 22.8 Å². The monoisotopic (exact) mass is 607 g/mol. The van der Waals surface area contributed by atoms with Crippen molar-refractivity contribution in [2.75, 3.05) is 10.6 Å². The number of thioether (sulfide) groups is 1. The van der Waals surface area contributed by atoms with Crippen LogP contribution in [0.5, 0.6) is 0 Å². The second-order valence-corrected chi connectivity index (χ2v) is 12.0. The Hall–Kier alpha value is -4.80. The zero-order chi connectivity index (χ0) is 30.2. The lowest BCUT2D eigenvalue weighted by Gasteiger charge is -2.15. The Morgan fingerprint density at radius 2 is 1.63 bits per heavy atom. The molecule has 3 amide bonds. The number of anilines is 2. The van der Waals surface area contributed by atoms with Crippen LogP contribution in [0.4, 0.5) is 10.8 Å². The van der Waals surface area contributed by atoms with Crippen molar-refractivity contribution in [3.05, 3.63) is 119 Å². The van der Waals surface area contributed by atoms with Gasteiger partial charge in [0.05, 0.1) is 5.25 Å². The molecule has 0 aliphatic rings. The number of carbonyl (C=O) groups is 3. The minimum atomic E-state index is -0.476. The van der Waals surface area contributed by atoms with Gasteiger partial charge >= 0.3 is 0 Å². The van der Waals surface area contributed by atoms with Gasteiger partial charge in [-0.05, 0) is 66.1 Å². The van der Waals surface area contributed by atoms with Crippen LogP contribution in [0.1, 0.15) is 34.3 Å². The van der Waals surface area contributed by atoms with Crippen molar-refractivity contribution in [2.45, 2.75) is 30.4 Å². The Labute approximate surface area is 257 Å². The number of aromatic nitrogens is 2. The number of fused-ring (bicyclic) bond motifs is 1. The number of nitrogens with one attached hydrogen (secondary N) is 3. The fourth-order valence-electron chi connectivity index (χ4n) is 4.34. The van der Waals surface area contributed by atoms with Crippen LogP contribution in [-0.2, 0) is 9.59 Å². The zero-order valence-electron chi connectivity index (χ0n) is 23.5. The van der Waals surface area contributed by atoms with Crippen molar-refractivity contribution in [1.29, 1.82) is 0 Å². The summed E-state index contributed by atoms with van der Waals surface area (Å²) in [4.78, 5) is 40.4. The van der Waals surface area contributed by atoms with Gasteiger partial charge in [-0.25, -0.2) is 0 Å². The summed E-state index contributed by atoms with van der Waals surface area (Å²) in [7, 11) is 0. The molecule has 216 valence electrons. The first kappa shape index (κ1) is 29.7. The van der Waals surface area contributed by atoms with Crippen molar-refractivity contribution >= 4 is 68.5 Å². The normalized spacial score (nSPS) is 12.0. The molecule has 5 aromatic rings. The van der Waals surface area contributed by atoms with Gasteiger partial charge < -0.3 is 10.6 Å². The molecule has 0 saturated carbocycles. The highest BCUT2D eigenvalue weighted by atomic mass is 32.2. The molecular weight excluding hydrogens is 579 g/mol. The second kappa shape index (κ2) is 13.9. The standard InChI is InChI=1S/C33H29N5O3S2/c1-3-29(32(41)36-33-38-37-21(2)42-33)43-26-17-10-16-25(20-26)34-31(40)28(35-30(39)23-12-5-4-6-13-23)19-24-15-9-14-22-11-7-8-18-27(22)24/h4-20,29H,3H2,1-2H3,(H,34,40)(H,35,39)(H,36,38,41)/b28-19+. The van der Waals surface area contributed by atoms with Gasteiger partial charge in [-0.3, -0.25) is 19.7 Å². The topological polar surface area (TPSA) is 113 Å². The first-order chi connectivity index (χ1) is 20.9. The minimum Gasteiger partial charge on any atom is -0.321 e. The average Bonchev–Trinajstić information content (AvgIpc) is 3.44. The van der Waals surface area contributed by atoms with Crippen LogP contribution < -0.4 is 16.0 Å². The number of carbonyl (C=O) groups excluding carboxylic acids is 3. The smallest absolute Gasteiger partial charge is 0.272 e. The minimum absolute atomic E-state index is 0.0985. The predicted octanol–water partition coefficient (Wildman–Crippen LogP) is 6.92. The molecule has 0 aliphatic heterocycles. The summed E-state index contributed by atoms with van der Waals surface area (Å²) in [5.74, 6) is -1.04. The van der Waals surface area contributed by atoms with Gasteiger partial charge in [-0.15, -0.1) is 22.0 Å². The van der Waals surface area contributed by atoms with E-state index in [4.69, 9.17) is 0 Å². The molecule has 4 aromatic carbocycles. The highest BCUT2D eigenvalue weighted by Crippen LogP contribution is 2.29. The highest BCUT2D eigenvalue weighted by molar-refractivity contribution is 8.00. The van der Waals surface area contributed by atoms with E-state index in [2.05, 4.69) is 26.1 Å². The van der Waals surface area contributed by atoms with Crippen LogP contribution in [0, 0.1) is 6.92 Å². The van der Waals surface area contributed by atoms with Gasteiger partial charge in [0, 0.05) is 16.1 Å². The van der Waals surface area contributed by atoms with E-state index in [1.807, 2.05) is 80.6 Å². The van der Waals surface area contributed by atoms with E-state index in [-0.39, 0.29) is 16.9 Å². The molecule has 10 heteroatoms. The summed E-state index contributed by atoms with van der Waals surface area (Å²) >= 11 is 2.71. The number of rotatable bonds is 10. The molecule has 0 bridgehead atoms. The van der Waals surface area contributed by atoms with Crippen molar-refractivity contribution in [1.82, 2.24) is 15.5 Å². The van der Waals surface area contributed by atoms with Gasteiger partial charge in [0.2, 0.25) is 11.0 Å². The fraction of sp³-hybridized carbons (Fsp3) is 0.121. The number of hydrogen-bond acceptors (Lipinski definition) is 7. The SMILES string of the molecule is CCC(Sc1cccc(NC(=O)/C(=C\c2cccc3ccccc23)NC(=O)c2ccccc2)c1)C(=O)Nc1nnc(C)s1. The lowest BCUT2D eigenvalue weighted by Crippen LogP contribution is -2.30. The number of nitrogens with zero attached hydrogens (tertiary/aromatic N) is 2. The quantitative estimate of drug-likeness (QED) is 0.117. The van der Waals surface area contributed by atoms with Crippen LogP contribution in [-0.4, -0.2) is 33.2 Å². The first-order valence-electron chi connectivity index (χ1n) is 13.6. The van der Waals surface area contributed by atoms with E-state index in [0.717, 1.165) is 26.2 Å². The molecule has 0 aliphatic carbocycles. The third kappa shape index (κ3) is 7.73. The average molecular weight is 608 g/mol. The molecule has 0 spiro atoms. The third-order valence-corrected chi connectivity index (χ3v) is 8.55. The molecular formula is C33H29N5O3S2. The van der Waals surface area contributed by atoms with Crippen molar-refractivity contribution in [3.8, 4) is 0 Å². The number of benzene rings is 4. The maximum absolute atomic E-state index is 13.6. The van der Waals surface area contributed by atoms with Crippen LogP contribution in [0.25, 0.3) is 16.8 Å². The first-order valence-corrected chi connectivity index (χ1v) is 15.3. The summed E-state index contributed by atoms with van der Waals surface area (Å²) < 4.78 is 0. The summed E-state index contributed by atoms with van der Waals surface area (Å²) in [6, 6.07) is 29.7. The van der Waals surface area contributed by atoms with E-state index in [1.54, 1.807) is 36.4 Å². The molecule has 8 nitrogen and oxygen atoms in total. The van der Waals surface area contributed by atoms with Crippen LogP contribution in [0.3, 0.4) is 0 Å². The van der Waals surface area contributed by atoms with Crippen molar-refractivity contribution in [3.63, 3.8) is 0 Å². The van der Waals surface area contributed by atoms with Gasteiger partial charge in [-0.1, -0.05) is 85.0 Å². The predicted molar refractivity (Wildman–Crippen MR) is 174 cm³/mol.